The zero-order valence-corrected chi connectivity index (χ0v) is 9.50. The molecule has 0 bridgehead atoms. The van der Waals surface area contributed by atoms with Crippen molar-refractivity contribution in [1.29, 1.82) is 0 Å². The van der Waals surface area contributed by atoms with Crippen LogP contribution in [0.4, 0.5) is 5.69 Å². The van der Waals surface area contributed by atoms with Gasteiger partial charge in [-0.3, -0.25) is 4.79 Å². The van der Waals surface area contributed by atoms with E-state index < -0.39 is 11.9 Å². The third-order valence-electron chi connectivity index (χ3n) is 2.93. The molecule has 3 N–H and O–H groups in total. The standard InChI is InChI=1S/C12H16N2O3/c13-12(16)11-8-17-6-5-14(11)10-4-2-1-3-9(10)7-15/h1-4,11,15H,5-8H2,(H2,13,16). The summed E-state index contributed by atoms with van der Waals surface area (Å²) in [6, 6.07) is 6.99. The maximum absolute atomic E-state index is 11.4. The maximum atomic E-state index is 11.4. The van der Waals surface area contributed by atoms with E-state index in [1.807, 2.05) is 29.2 Å². The maximum Gasteiger partial charge on any atom is 0.242 e. The molecule has 92 valence electrons. The molecule has 17 heavy (non-hydrogen) atoms. The molecule has 0 saturated carbocycles. The van der Waals surface area contributed by atoms with Crippen molar-refractivity contribution < 1.29 is 14.6 Å². The monoisotopic (exact) mass is 236 g/mol. The molecule has 1 aliphatic rings. The average Bonchev–Trinajstić information content (AvgIpc) is 2.38. The van der Waals surface area contributed by atoms with Crippen LogP contribution in [0.3, 0.4) is 0 Å². The van der Waals surface area contributed by atoms with Crippen molar-refractivity contribution in [2.24, 2.45) is 5.73 Å². The quantitative estimate of drug-likeness (QED) is 0.766. The van der Waals surface area contributed by atoms with Gasteiger partial charge in [-0.1, -0.05) is 18.2 Å². The van der Waals surface area contributed by atoms with Gasteiger partial charge in [-0.25, -0.2) is 0 Å². The van der Waals surface area contributed by atoms with Crippen LogP contribution in [0, 0.1) is 0 Å². The molecule has 1 aliphatic heterocycles. The van der Waals surface area contributed by atoms with Crippen molar-refractivity contribution in [1.82, 2.24) is 0 Å². The molecule has 2 rings (SSSR count). The van der Waals surface area contributed by atoms with Crippen LogP contribution >= 0.6 is 0 Å². The highest BCUT2D eigenvalue weighted by Gasteiger charge is 2.28. The number of hydrogen-bond acceptors (Lipinski definition) is 4. The molecule has 1 atom stereocenters. The molecule has 0 spiro atoms. The number of para-hydroxylation sites is 1. The van der Waals surface area contributed by atoms with Crippen LogP contribution in [0.1, 0.15) is 5.56 Å². The van der Waals surface area contributed by atoms with Gasteiger partial charge >= 0.3 is 0 Å². The molecule has 1 unspecified atom stereocenters. The topological polar surface area (TPSA) is 75.8 Å². The number of nitrogens with zero attached hydrogens (tertiary/aromatic N) is 1. The second-order valence-corrected chi connectivity index (χ2v) is 3.97. The lowest BCUT2D eigenvalue weighted by atomic mass is 10.1. The lowest BCUT2D eigenvalue weighted by Crippen LogP contribution is -2.53. The molecule has 0 aromatic heterocycles. The van der Waals surface area contributed by atoms with Crippen LogP contribution in [0.5, 0.6) is 0 Å². The number of nitrogens with two attached hydrogens (primary N) is 1. The van der Waals surface area contributed by atoms with Crippen LogP contribution in [0.15, 0.2) is 24.3 Å². The van der Waals surface area contributed by atoms with Crippen molar-refractivity contribution >= 4 is 11.6 Å². The fourth-order valence-electron chi connectivity index (χ4n) is 2.05. The van der Waals surface area contributed by atoms with Gasteiger partial charge in [0.05, 0.1) is 19.8 Å². The van der Waals surface area contributed by atoms with Gasteiger partial charge in [-0.2, -0.15) is 0 Å². The number of anilines is 1. The molecule has 5 nitrogen and oxygen atoms in total. The lowest BCUT2D eigenvalue weighted by Gasteiger charge is -2.36. The van der Waals surface area contributed by atoms with E-state index in [1.165, 1.54) is 0 Å². The second-order valence-electron chi connectivity index (χ2n) is 3.97. The van der Waals surface area contributed by atoms with Crippen LogP contribution < -0.4 is 10.6 Å². The smallest absolute Gasteiger partial charge is 0.242 e. The molecule has 0 aliphatic carbocycles. The molecule has 1 saturated heterocycles. The zero-order valence-electron chi connectivity index (χ0n) is 9.50. The van der Waals surface area contributed by atoms with Crippen molar-refractivity contribution in [2.75, 3.05) is 24.7 Å². The first kappa shape index (κ1) is 11.9. The van der Waals surface area contributed by atoms with Crippen LogP contribution in [0.2, 0.25) is 0 Å². The number of amides is 1. The van der Waals surface area contributed by atoms with E-state index in [4.69, 9.17) is 10.5 Å². The van der Waals surface area contributed by atoms with Gasteiger partial charge in [0.1, 0.15) is 6.04 Å². The Hall–Kier alpha value is -1.59. The summed E-state index contributed by atoms with van der Waals surface area (Å²) in [4.78, 5) is 13.3. The minimum atomic E-state index is -0.462. The van der Waals surface area contributed by atoms with Gasteiger partial charge in [0.15, 0.2) is 0 Å². The molecule has 1 amide bonds. The van der Waals surface area contributed by atoms with E-state index >= 15 is 0 Å². The molecule has 1 heterocycles. The fourth-order valence-corrected chi connectivity index (χ4v) is 2.05. The highest BCUT2D eigenvalue weighted by molar-refractivity contribution is 5.84. The molecule has 0 radical (unpaired) electrons. The van der Waals surface area contributed by atoms with E-state index in [-0.39, 0.29) is 6.61 Å². The molecular weight excluding hydrogens is 220 g/mol. The molecule has 1 fully saturated rings. The Morgan fingerprint density at radius 1 is 1.53 bits per heavy atom. The third-order valence-corrected chi connectivity index (χ3v) is 2.93. The van der Waals surface area contributed by atoms with Gasteiger partial charge < -0.3 is 20.5 Å². The number of carbonyl (C=O) groups is 1. The minimum Gasteiger partial charge on any atom is -0.392 e. The number of morpholine rings is 1. The Balaban J connectivity index is 2.32. The van der Waals surface area contributed by atoms with Crippen LogP contribution in [-0.4, -0.2) is 36.8 Å². The number of hydrogen-bond donors (Lipinski definition) is 2. The van der Waals surface area contributed by atoms with Gasteiger partial charge in [0.2, 0.25) is 5.91 Å². The van der Waals surface area contributed by atoms with Crippen molar-refractivity contribution in [3.05, 3.63) is 29.8 Å². The predicted molar refractivity (Wildman–Crippen MR) is 63.5 cm³/mol. The molecule has 1 aromatic rings. The fraction of sp³-hybridized carbons (Fsp3) is 0.417. The highest BCUT2D eigenvalue weighted by Crippen LogP contribution is 2.24. The van der Waals surface area contributed by atoms with Crippen LogP contribution in [-0.2, 0) is 16.1 Å². The Labute approximate surface area is 99.8 Å². The number of ether oxygens (including phenoxy) is 1. The summed E-state index contributed by atoms with van der Waals surface area (Å²) < 4.78 is 5.26. The van der Waals surface area contributed by atoms with Gasteiger partial charge in [-0.05, 0) is 6.07 Å². The summed E-state index contributed by atoms with van der Waals surface area (Å²) in [5, 5.41) is 9.30. The number of primary amides is 1. The van der Waals surface area contributed by atoms with E-state index in [1.54, 1.807) is 0 Å². The predicted octanol–water partition coefficient (Wildman–Crippen LogP) is -0.131. The van der Waals surface area contributed by atoms with Crippen LogP contribution in [0.25, 0.3) is 0 Å². The Morgan fingerprint density at radius 3 is 3.00 bits per heavy atom. The number of aliphatic hydroxyl groups is 1. The molecule has 5 heteroatoms. The first-order valence-electron chi connectivity index (χ1n) is 5.56. The van der Waals surface area contributed by atoms with Gasteiger partial charge in [0.25, 0.3) is 0 Å². The Morgan fingerprint density at radius 2 is 2.29 bits per heavy atom. The summed E-state index contributed by atoms with van der Waals surface area (Å²) in [5.41, 5.74) is 7.00. The first-order valence-corrected chi connectivity index (χ1v) is 5.56. The SMILES string of the molecule is NC(=O)C1COCCN1c1ccccc1CO. The zero-order chi connectivity index (χ0) is 12.3. The largest absolute Gasteiger partial charge is 0.392 e. The van der Waals surface area contributed by atoms with Crippen molar-refractivity contribution in [3.8, 4) is 0 Å². The summed E-state index contributed by atoms with van der Waals surface area (Å²) in [6.45, 7) is 1.41. The first-order chi connectivity index (χ1) is 8.24. The summed E-state index contributed by atoms with van der Waals surface area (Å²) in [5.74, 6) is -0.405. The number of rotatable bonds is 3. The highest BCUT2D eigenvalue weighted by atomic mass is 16.5. The summed E-state index contributed by atoms with van der Waals surface area (Å²) in [6.07, 6.45) is 0. The number of aliphatic hydroxyl groups excluding tert-OH is 1. The second kappa shape index (κ2) is 5.16. The van der Waals surface area contributed by atoms with Gasteiger partial charge in [0, 0.05) is 17.8 Å². The number of carbonyl (C=O) groups excluding carboxylic acids is 1. The normalized spacial score (nSPS) is 20.3. The van der Waals surface area contributed by atoms with Crippen molar-refractivity contribution in [2.45, 2.75) is 12.6 Å². The van der Waals surface area contributed by atoms with E-state index in [0.29, 0.717) is 19.8 Å². The minimum absolute atomic E-state index is 0.0565. The Bertz CT molecular complexity index is 408. The van der Waals surface area contributed by atoms with E-state index in [2.05, 4.69) is 0 Å². The average molecular weight is 236 g/mol. The molecule has 1 aromatic carbocycles. The third kappa shape index (κ3) is 2.40. The van der Waals surface area contributed by atoms with Gasteiger partial charge in [-0.15, -0.1) is 0 Å². The molecular formula is C12H16N2O3. The summed E-state index contributed by atoms with van der Waals surface area (Å²) >= 11 is 0. The van der Waals surface area contributed by atoms with Crippen molar-refractivity contribution in [3.63, 3.8) is 0 Å². The van der Waals surface area contributed by atoms with E-state index in [0.717, 1.165) is 11.3 Å². The Kier molecular flexibility index (Phi) is 3.61. The number of benzene rings is 1. The lowest BCUT2D eigenvalue weighted by molar-refractivity contribution is -0.121. The summed E-state index contributed by atoms with van der Waals surface area (Å²) in [7, 11) is 0. The van der Waals surface area contributed by atoms with E-state index in [9.17, 15) is 9.90 Å².